The highest BCUT2D eigenvalue weighted by Crippen LogP contribution is 2.50. The number of methoxy groups -OCH3 is 2. The fourth-order valence-corrected chi connectivity index (χ4v) is 7.12. The van der Waals surface area contributed by atoms with E-state index < -0.39 is 5.92 Å². The number of rotatable bonds is 9. The quantitative estimate of drug-likeness (QED) is 0.234. The predicted molar refractivity (Wildman–Crippen MR) is 171 cm³/mol. The second-order valence-corrected chi connectivity index (χ2v) is 12.2. The zero-order valence-electron chi connectivity index (χ0n) is 25.3. The molecule has 0 N–H and O–H groups in total. The van der Waals surface area contributed by atoms with E-state index in [2.05, 4.69) is 20.8 Å². The van der Waals surface area contributed by atoms with Gasteiger partial charge in [-0.15, -0.1) is 0 Å². The van der Waals surface area contributed by atoms with Crippen molar-refractivity contribution in [1.29, 1.82) is 0 Å². The van der Waals surface area contributed by atoms with Gasteiger partial charge >= 0.3 is 0 Å². The molecule has 0 fully saturated rings. The second kappa shape index (κ2) is 12.9. The van der Waals surface area contributed by atoms with Crippen molar-refractivity contribution in [2.75, 3.05) is 21.3 Å². The van der Waals surface area contributed by atoms with E-state index in [1.165, 1.54) is 0 Å². The number of ketones is 2. The van der Waals surface area contributed by atoms with Gasteiger partial charge in [0.2, 0.25) is 0 Å². The van der Waals surface area contributed by atoms with Crippen LogP contribution >= 0.6 is 15.9 Å². The Balaban J connectivity index is 1.27. The number of allylic oxidation sites excluding steroid dienone is 4. The fourth-order valence-electron chi connectivity index (χ4n) is 6.54. The largest absolute Gasteiger partial charge is 0.493 e. The molecular weight excluding hydrogens is 622 g/mol. The summed E-state index contributed by atoms with van der Waals surface area (Å²) in [7, 11) is 5.22. The Kier molecular flexibility index (Phi) is 8.80. The zero-order chi connectivity index (χ0) is 30.8. The van der Waals surface area contributed by atoms with Crippen LogP contribution in [0.3, 0.4) is 0 Å². The third-order valence-corrected chi connectivity index (χ3v) is 9.27. The first kappa shape index (κ1) is 30.0. The Morgan fingerprint density at radius 2 is 1.36 bits per heavy atom. The number of ether oxygens (including phenoxy) is 4. The highest BCUT2D eigenvalue weighted by atomic mass is 79.9. The smallest absolute Gasteiger partial charge is 0.175 e. The zero-order valence-corrected chi connectivity index (χ0v) is 26.9. The number of carbonyl (C=O) groups is 2. The lowest BCUT2D eigenvalue weighted by Crippen LogP contribution is -2.37. The lowest BCUT2D eigenvalue weighted by Gasteiger charge is -2.42. The van der Waals surface area contributed by atoms with E-state index in [1.54, 1.807) is 14.2 Å². The third-order valence-electron chi connectivity index (χ3n) is 8.68. The number of hydrogen-bond acceptors (Lipinski definition) is 7. The molecule has 2 aliphatic carbocycles. The Bertz CT molecular complexity index is 1620. The molecule has 228 valence electrons. The fraction of sp³-hybridized carbons (Fsp3) is 0.333. The van der Waals surface area contributed by atoms with Crippen molar-refractivity contribution in [1.82, 2.24) is 4.90 Å². The maximum atomic E-state index is 13.4. The Morgan fingerprint density at radius 3 is 2.00 bits per heavy atom. The van der Waals surface area contributed by atoms with Crippen molar-refractivity contribution in [2.24, 2.45) is 0 Å². The van der Waals surface area contributed by atoms with Gasteiger partial charge in [0.1, 0.15) is 13.2 Å². The molecule has 8 heteroatoms. The van der Waals surface area contributed by atoms with Gasteiger partial charge in [-0.25, -0.2) is 0 Å². The van der Waals surface area contributed by atoms with Crippen LogP contribution in [0.5, 0.6) is 23.0 Å². The van der Waals surface area contributed by atoms with Crippen LogP contribution in [0.2, 0.25) is 0 Å². The van der Waals surface area contributed by atoms with Gasteiger partial charge in [-0.05, 0) is 82.6 Å². The van der Waals surface area contributed by atoms with Gasteiger partial charge in [0.15, 0.2) is 34.6 Å². The van der Waals surface area contributed by atoms with E-state index >= 15 is 0 Å². The Hall–Kier alpha value is -4.04. The highest BCUT2D eigenvalue weighted by Gasteiger charge is 2.42. The Labute approximate surface area is 266 Å². The molecule has 3 aliphatic rings. The van der Waals surface area contributed by atoms with Gasteiger partial charge in [0.25, 0.3) is 0 Å². The van der Waals surface area contributed by atoms with Crippen LogP contribution in [0.25, 0.3) is 0 Å². The first-order valence-electron chi connectivity index (χ1n) is 15.0. The molecule has 3 aromatic rings. The molecule has 0 saturated carbocycles. The van der Waals surface area contributed by atoms with E-state index in [0.717, 1.165) is 64.9 Å². The van der Waals surface area contributed by atoms with E-state index in [-0.39, 0.29) is 18.2 Å². The lowest BCUT2D eigenvalue weighted by molar-refractivity contribution is -0.117. The molecule has 3 aromatic carbocycles. The summed E-state index contributed by atoms with van der Waals surface area (Å²) in [4.78, 5) is 28.9. The molecule has 0 spiro atoms. The van der Waals surface area contributed by atoms with Gasteiger partial charge in [0.05, 0.1) is 18.7 Å². The number of carbonyl (C=O) groups excluding carboxylic acids is 2. The molecule has 0 unspecified atom stereocenters. The molecule has 0 atom stereocenters. The summed E-state index contributed by atoms with van der Waals surface area (Å²) in [6.45, 7) is 0.703. The summed E-state index contributed by atoms with van der Waals surface area (Å²) in [5.74, 6) is 2.16. The first-order chi connectivity index (χ1) is 21.4. The summed E-state index contributed by atoms with van der Waals surface area (Å²) in [5, 5.41) is 0. The van der Waals surface area contributed by atoms with Crippen LogP contribution in [-0.2, 0) is 22.8 Å². The van der Waals surface area contributed by atoms with E-state index in [1.807, 2.05) is 67.7 Å². The molecule has 6 rings (SSSR count). The molecule has 0 bridgehead atoms. The second-order valence-electron chi connectivity index (χ2n) is 11.3. The van der Waals surface area contributed by atoms with Crippen LogP contribution < -0.4 is 18.9 Å². The number of benzene rings is 3. The number of halogens is 1. The molecule has 44 heavy (non-hydrogen) atoms. The molecule has 0 saturated heterocycles. The minimum absolute atomic E-state index is 0.119. The van der Waals surface area contributed by atoms with Crippen LogP contribution in [0.15, 0.2) is 87.7 Å². The van der Waals surface area contributed by atoms with Gasteiger partial charge in [-0.2, -0.15) is 0 Å². The average molecular weight is 659 g/mol. The van der Waals surface area contributed by atoms with Crippen LogP contribution in [-0.4, -0.2) is 37.7 Å². The normalized spacial score (nSPS) is 17.0. The molecule has 1 aliphatic heterocycles. The topological polar surface area (TPSA) is 74.3 Å². The third kappa shape index (κ3) is 5.75. The average Bonchev–Trinajstić information content (AvgIpc) is 3.04. The summed E-state index contributed by atoms with van der Waals surface area (Å²) in [6, 6.07) is 19.6. The summed E-state index contributed by atoms with van der Waals surface area (Å²) in [5.41, 5.74) is 6.40. The van der Waals surface area contributed by atoms with Crippen LogP contribution in [0.1, 0.15) is 61.1 Å². The standard InChI is InChI=1S/C36H36BrNO6/c1-38-26-11-7-13-28(39)34(26)33(35-27(38)12-8-14-29(35)40)24-18-25(37)36(32(19-24)42-3)44-21-23-15-16-30(31(17-23)41-2)43-20-22-9-5-4-6-10-22/h4-6,9-10,15-19,33H,7-8,11-14,20-21H2,1-3H3. The molecule has 0 amide bonds. The predicted octanol–water partition coefficient (Wildman–Crippen LogP) is 7.67. The molecule has 0 aromatic heterocycles. The van der Waals surface area contributed by atoms with E-state index in [4.69, 9.17) is 18.9 Å². The SMILES string of the molecule is COc1cc(COc2c(Br)cc(C3C4=C(CCCC4=O)N(C)C4=C3C(=O)CCC4)cc2OC)ccc1OCc1ccccc1. The Morgan fingerprint density at radius 1 is 0.727 bits per heavy atom. The van der Waals surface area contributed by atoms with Crippen LogP contribution in [0.4, 0.5) is 0 Å². The van der Waals surface area contributed by atoms with Crippen molar-refractivity contribution in [3.05, 3.63) is 104 Å². The minimum atomic E-state index is -0.413. The van der Waals surface area contributed by atoms with Gasteiger partial charge in [0, 0.05) is 48.3 Å². The van der Waals surface area contributed by atoms with Gasteiger partial charge < -0.3 is 23.8 Å². The summed E-state index contributed by atoms with van der Waals surface area (Å²) < 4.78 is 24.4. The number of hydrogen-bond donors (Lipinski definition) is 0. The molecule has 0 radical (unpaired) electrons. The first-order valence-corrected chi connectivity index (χ1v) is 15.8. The van der Waals surface area contributed by atoms with Crippen molar-refractivity contribution >= 4 is 27.5 Å². The maximum Gasteiger partial charge on any atom is 0.175 e. The number of Topliss-reactive ketones (excluding diaryl/α,β-unsaturated/α-hetero) is 2. The van der Waals surface area contributed by atoms with Crippen molar-refractivity contribution in [3.8, 4) is 23.0 Å². The minimum Gasteiger partial charge on any atom is -0.493 e. The summed E-state index contributed by atoms with van der Waals surface area (Å²) >= 11 is 3.72. The molecular formula is C36H36BrNO6. The molecule has 1 heterocycles. The van der Waals surface area contributed by atoms with E-state index in [0.29, 0.717) is 46.9 Å². The lowest BCUT2D eigenvalue weighted by atomic mass is 9.71. The van der Waals surface area contributed by atoms with Gasteiger partial charge in [-0.3, -0.25) is 9.59 Å². The van der Waals surface area contributed by atoms with E-state index in [9.17, 15) is 9.59 Å². The van der Waals surface area contributed by atoms with Crippen molar-refractivity contribution in [2.45, 2.75) is 57.7 Å². The number of nitrogens with zero attached hydrogens (tertiary/aromatic N) is 1. The maximum absolute atomic E-state index is 13.4. The molecule has 7 nitrogen and oxygen atoms in total. The highest BCUT2D eigenvalue weighted by molar-refractivity contribution is 9.10. The van der Waals surface area contributed by atoms with Crippen LogP contribution in [0, 0.1) is 0 Å². The van der Waals surface area contributed by atoms with Crippen molar-refractivity contribution in [3.63, 3.8) is 0 Å². The van der Waals surface area contributed by atoms with Gasteiger partial charge in [-0.1, -0.05) is 36.4 Å². The summed E-state index contributed by atoms with van der Waals surface area (Å²) in [6.07, 6.45) is 4.32. The monoisotopic (exact) mass is 657 g/mol. The van der Waals surface area contributed by atoms with Crippen molar-refractivity contribution < 1.29 is 28.5 Å².